The van der Waals surface area contributed by atoms with E-state index in [9.17, 15) is 0 Å². The van der Waals surface area contributed by atoms with E-state index in [4.69, 9.17) is 11.6 Å². The van der Waals surface area contributed by atoms with Crippen LogP contribution in [-0.2, 0) is 0 Å². The van der Waals surface area contributed by atoms with Gasteiger partial charge in [-0.15, -0.1) is 0 Å². The van der Waals surface area contributed by atoms with E-state index < -0.39 is 0 Å². The molecular weight excluding hydrogens is 276 g/mol. The molecule has 2 heterocycles. The number of hydrogen-bond donors (Lipinski definition) is 1. The highest BCUT2D eigenvalue weighted by atomic mass is 15.1. The zero-order valence-electron chi connectivity index (χ0n) is 12.1. The third-order valence-electron chi connectivity index (χ3n) is 3.90. The van der Waals surface area contributed by atoms with Crippen molar-refractivity contribution >= 4 is 22.5 Å². The van der Waals surface area contributed by atoms with Crippen LogP contribution in [0.5, 0.6) is 0 Å². The summed E-state index contributed by atoms with van der Waals surface area (Å²) in [7, 11) is 1.84. The number of fused-ring (bicyclic) bond motifs is 1. The number of imidazole rings is 1. The van der Waals surface area contributed by atoms with Crippen molar-refractivity contribution in [1.29, 1.82) is 0 Å². The lowest BCUT2D eigenvalue weighted by Gasteiger charge is -2.10. The van der Waals surface area contributed by atoms with Crippen molar-refractivity contribution in [3.05, 3.63) is 42.1 Å². The van der Waals surface area contributed by atoms with Crippen LogP contribution in [0.3, 0.4) is 0 Å². The van der Waals surface area contributed by atoms with E-state index >= 15 is 0 Å². The first kappa shape index (κ1) is 12.8. The molecule has 0 amide bonds. The van der Waals surface area contributed by atoms with Crippen LogP contribution in [0.1, 0.15) is 18.9 Å². The van der Waals surface area contributed by atoms with Crippen molar-refractivity contribution in [2.75, 3.05) is 12.4 Å². The van der Waals surface area contributed by atoms with E-state index in [1.165, 1.54) is 6.33 Å². The maximum Gasteiger partial charge on any atom is 0.189 e. The van der Waals surface area contributed by atoms with Gasteiger partial charge in [0.1, 0.15) is 18.0 Å². The van der Waals surface area contributed by atoms with Crippen LogP contribution in [0.2, 0.25) is 0 Å². The maximum absolute atomic E-state index is 7.21. The number of aromatic nitrogens is 4. The normalized spacial score (nSPS) is 14.0. The molecule has 1 saturated carbocycles. The number of rotatable bonds is 3. The van der Waals surface area contributed by atoms with Crippen molar-refractivity contribution in [2.45, 2.75) is 18.9 Å². The fourth-order valence-corrected chi connectivity index (χ4v) is 2.74. The molecule has 0 spiro atoms. The van der Waals surface area contributed by atoms with E-state index in [0.29, 0.717) is 11.7 Å². The topological polar surface area (TPSA) is 60.0 Å². The van der Waals surface area contributed by atoms with Gasteiger partial charge >= 0.3 is 0 Å². The van der Waals surface area contributed by atoms with Gasteiger partial charge in [-0.05, 0) is 25.0 Å². The van der Waals surface area contributed by atoms with Crippen molar-refractivity contribution in [2.24, 2.45) is 0 Å². The quantitative estimate of drug-likeness (QED) is 0.751. The second-order valence-electron chi connectivity index (χ2n) is 5.36. The minimum Gasteiger partial charge on any atom is -0.372 e. The predicted molar refractivity (Wildman–Crippen MR) is 84.8 cm³/mol. The van der Waals surface area contributed by atoms with E-state index in [1.54, 1.807) is 6.20 Å². The van der Waals surface area contributed by atoms with Gasteiger partial charge in [0.15, 0.2) is 5.69 Å². The van der Waals surface area contributed by atoms with E-state index in [-0.39, 0.29) is 0 Å². The molecule has 3 aromatic rings. The third-order valence-corrected chi connectivity index (χ3v) is 3.90. The van der Waals surface area contributed by atoms with Crippen LogP contribution in [0.4, 0.5) is 11.5 Å². The Hall–Kier alpha value is -2.94. The fraction of sp³-hybridized carbons (Fsp3) is 0.250. The minimum absolute atomic E-state index is 0.450. The molecule has 108 valence electrons. The maximum atomic E-state index is 7.21. The molecule has 0 radical (unpaired) electrons. The first-order valence-corrected chi connectivity index (χ1v) is 7.19. The molecule has 22 heavy (non-hydrogen) atoms. The number of nitrogens with one attached hydrogen (secondary N) is 1. The Kier molecular flexibility index (Phi) is 2.79. The smallest absolute Gasteiger partial charge is 0.189 e. The minimum atomic E-state index is 0.450. The standard InChI is InChI=1S/C16H14N6/c1-17-10-3-6-13-14(7-10)22(11-4-5-11)16(21-13)12-8-19-9-20-15(12)18-2/h3,6-9,11H,4-5H2,2H3,(H,18,19,20). The summed E-state index contributed by atoms with van der Waals surface area (Å²) in [4.78, 5) is 16.7. The predicted octanol–water partition coefficient (Wildman–Crippen LogP) is 3.42. The molecule has 0 atom stereocenters. The second-order valence-corrected chi connectivity index (χ2v) is 5.36. The highest BCUT2D eigenvalue weighted by Gasteiger charge is 2.29. The Labute approximate surface area is 127 Å². The van der Waals surface area contributed by atoms with E-state index in [1.807, 2.05) is 25.2 Å². The van der Waals surface area contributed by atoms with Crippen LogP contribution in [-0.4, -0.2) is 26.6 Å². The summed E-state index contributed by atoms with van der Waals surface area (Å²) >= 11 is 0. The van der Waals surface area contributed by atoms with Crippen LogP contribution in [0.15, 0.2) is 30.7 Å². The monoisotopic (exact) mass is 290 g/mol. The number of benzene rings is 1. The summed E-state index contributed by atoms with van der Waals surface area (Å²) in [5.41, 5.74) is 3.44. The lowest BCUT2D eigenvalue weighted by molar-refractivity contribution is 0.774. The zero-order valence-corrected chi connectivity index (χ0v) is 12.1. The summed E-state index contributed by atoms with van der Waals surface area (Å²) in [6.07, 6.45) is 5.60. The van der Waals surface area contributed by atoms with Gasteiger partial charge in [-0.3, -0.25) is 0 Å². The number of nitrogens with zero attached hydrogens (tertiary/aromatic N) is 5. The molecule has 1 fully saturated rings. The van der Waals surface area contributed by atoms with Crippen molar-refractivity contribution < 1.29 is 0 Å². The first-order chi connectivity index (χ1) is 10.8. The van der Waals surface area contributed by atoms with Gasteiger partial charge in [0.05, 0.1) is 23.2 Å². The number of hydrogen-bond acceptors (Lipinski definition) is 4. The van der Waals surface area contributed by atoms with Crippen LogP contribution in [0, 0.1) is 6.57 Å². The summed E-state index contributed by atoms with van der Waals surface area (Å²) in [6.45, 7) is 7.21. The largest absolute Gasteiger partial charge is 0.372 e. The molecule has 1 aromatic carbocycles. The van der Waals surface area contributed by atoms with Gasteiger partial charge in [-0.2, -0.15) is 0 Å². The SMILES string of the molecule is [C-]#[N+]c1ccc2nc(-c3cncnc3NC)n(C3CC3)c2c1. The van der Waals surface area contributed by atoms with Gasteiger partial charge < -0.3 is 9.88 Å². The zero-order chi connectivity index (χ0) is 15.1. The van der Waals surface area contributed by atoms with Crippen molar-refractivity contribution in [1.82, 2.24) is 19.5 Å². The lowest BCUT2D eigenvalue weighted by atomic mass is 10.2. The average molecular weight is 290 g/mol. The van der Waals surface area contributed by atoms with Gasteiger partial charge in [-0.25, -0.2) is 19.8 Å². The molecule has 2 aromatic heterocycles. The molecular formula is C16H14N6. The summed E-state index contributed by atoms with van der Waals surface area (Å²) < 4.78 is 2.23. The highest BCUT2D eigenvalue weighted by molar-refractivity contribution is 5.86. The van der Waals surface area contributed by atoms with Crippen molar-refractivity contribution in [3.8, 4) is 11.4 Å². The van der Waals surface area contributed by atoms with E-state index in [2.05, 4.69) is 24.7 Å². The molecule has 0 bridgehead atoms. The molecule has 0 aliphatic heterocycles. The summed E-state index contributed by atoms with van der Waals surface area (Å²) in [6, 6.07) is 6.09. The molecule has 0 saturated heterocycles. The molecule has 1 aliphatic carbocycles. The summed E-state index contributed by atoms with van der Waals surface area (Å²) in [5.74, 6) is 1.63. The third kappa shape index (κ3) is 1.91. The van der Waals surface area contributed by atoms with Gasteiger partial charge in [0, 0.05) is 19.3 Å². The Morgan fingerprint density at radius 1 is 1.36 bits per heavy atom. The average Bonchev–Trinajstić information content (AvgIpc) is 3.34. The Balaban J connectivity index is 2.01. The molecule has 1 aliphatic rings. The van der Waals surface area contributed by atoms with Crippen LogP contribution < -0.4 is 5.32 Å². The molecule has 1 N–H and O–H groups in total. The molecule has 6 heteroatoms. The summed E-state index contributed by atoms with van der Waals surface area (Å²) in [5, 5.41) is 3.09. The van der Waals surface area contributed by atoms with E-state index in [0.717, 1.165) is 41.1 Å². The number of anilines is 1. The van der Waals surface area contributed by atoms with Gasteiger partial charge in [0.25, 0.3) is 0 Å². The molecule has 4 rings (SSSR count). The molecule has 0 unspecified atom stereocenters. The second kappa shape index (κ2) is 4.81. The first-order valence-electron chi connectivity index (χ1n) is 7.19. The Morgan fingerprint density at radius 2 is 2.23 bits per heavy atom. The molecule has 6 nitrogen and oxygen atoms in total. The fourth-order valence-electron chi connectivity index (χ4n) is 2.74. The van der Waals surface area contributed by atoms with Gasteiger partial charge in [-0.1, -0.05) is 6.07 Å². The highest BCUT2D eigenvalue weighted by Crippen LogP contribution is 2.42. The lowest BCUT2D eigenvalue weighted by Crippen LogP contribution is -2.02. The van der Waals surface area contributed by atoms with Crippen LogP contribution in [0.25, 0.3) is 27.3 Å². The van der Waals surface area contributed by atoms with Crippen molar-refractivity contribution in [3.63, 3.8) is 0 Å². The van der Waals surface area contributed by atoms with Crippen LogP contribution >= 0.6 is 0 Å². The Bertz CT molecular complexity index is 901. The van der Waals surface area contributed by atoms with Gasteiger partial charge in [0.2, 0.25) is 0 Å². The Morgan fingerprint density at radius 3 is 2.95 bits per heavy atom.